The number of nitrogens with one attached hydrogen (secondary N) is 1. The van der Waals surface area contributed by atoms with Gasteiger partial charge >= 0.3 is 12.1 Å². The summed E-state index contributed by atoms with van der Waals surface area (Å²) in [5, 5.41) is 2.83. The van der Waals surface area contributed by atoms with Crippen LogP contribution in [0.2, 0.25) is 0 Å². The first-order valence-electron chi connectivity index (χ1n) is 18.7. The van der Waals surface area contributed by atoms with Gasteiger partial charge in [-0.2, -0.15) is 0 Å². The summed E-state index contributed by atoms with van der Waals surface area (Å²) in [4.78, 5) is 32.3. The van der Waals surface area contributed by atoms with Crippen molar-refractivity contribution in [3.8, 4) is 16.9 Å². The zero-order valence-corrected chi connectivity index (χ0v) is 31.0. The van der Waals surface area contributed by atoms with Crippen molar-refractivity contribution in [2.24, 2.45) is 0 Å². The summed E-state index contributed by atoms with van der Waals surface area (Å²) in [6, 6.07) is 53.3. The fraction of sp³-hybridized carbons (Fsp3) is 0.163. The molecule has 0 radical (unpaired) electrons. The van der Waals surface area contributed by atoms with Gasteiger partial charge in [-0.05, 0) is 56.6 Å². The van der Waals surface area contributed by atoms with Crippen molar-refractivity contribution in [2.45, 2.75) is 38.0 Å². The lowest BCUT2D eigenvalue weighted by atomic mass is 9.77. The topological polar surface area (TPSA) is 91.7 Å². The molecule has 8 heteroatoms. The molecule has 1 amide bonds. The smallest absolute Gasteiger partial charge is 0.407 e. The molecular formula is C49H45N3O5. The molecule has 1 aromatic heterocycles. The van der Waals surface area contributed by atoms with Crippen LogP contribution in [0.4, 0.5) is 4.79 Å². The Hall–Kier alpha value is -6.93. The van der Waals surface area contributed by atoms with Gasteiger partial charge in [0.25, 0.3) is 0 Å². The molecule has 57 heavy (non-hydrogen) atoms. The fourth-order valence-electron chi connectivity index (χ4n) is 7.80. The number of carbonyl (C=O) groups is 2. The lowest BCUT2D eigenvalue weighted by Crippen LogP contribution is -2.44. The maximum absolute atomic E-state index is 13.9. The van der Waals surface area contributed by atoms with Gasteiger partial charge in [-0.15, -0.1) is 0 Å². The Bertz CT molecular complexity index is 2270. The monoisotopic (exact) mass is 755 g/mol. The summed E-state index contributed by atoms with van der Waals surface area (Å²) in [5.41, 5.74) is 8.14. The molecule has 286 valence electrons. The minimum Gasteiger partial charge on any atom is -0.497 e. The number of alkyl carbamates (subject to hydrolysis) is 1. The first kappa shape index (κ1) is 38.3. The SMILES string of the molecule is C.COc1ccc(COC(=O)[C@H](Cc2cn(C(c3ccccc3)(c3ccccc3)c3ccccc3)cn2)NC(=O)OCC2c3ccccc3-c3ccccc32)cc1. The van der Waals surface area contributed by atoms with Crippen molar-refractivity contribution in [1.29, 1.82) is 0 Å². The standard InChI is InChI=1S/C48H41N3O5.CH4/c1-54-39-27-25-34(26-28-39)31-55-46(52)45(50-47(53)56-32-44-42-23-13-11-21-40(42)41-22-12-14-24-43(41)44)29-38-30-51(33-49-38)48(35-15-5-2-6-16-35,36-17-7-3-8-18-36)37-19-9-4-10-20-37;/h2-28,30,33,44-45H,29,31-32H2,1H3,(H,50,53);1H4/t45-;/m0./s1. The minimum atomic E-state index is -1.09. The number of esters is 1. The predicted octanol–water partition coefficient (Wildman–Crippen LogP) is 9.56. The number of hydrogen-bond donors (Lipinski definition) is 1. The number of ether oxygens (including phenoxy) is 3. The molecule has 0 aliphatic heterocycles. The quantitative estimate of drug-likeness (QED) is 0.0932. The van der Waals surface area contributed by atoms with Crippen LogP contribution in [0.3, 0.4) is 0 Å². The predicted molar refractivity (Wildman–Crippen MR) is 222 cm³/mol. The van der Waals surface area contributed by atoms with Crippen LogP contribution in [0.25, 0.3) is 11.1 Å². The Morgan fingerprint density at radius 2 is 1.19 bits per heavy atom. The van der Waals surface area contributed by atoms with Gasteiger partial charge in [0.2, 0.25) is 0 Å². The van der Waals surface area contributed by atoms with Gasteiger partial charge in [-0.3, -0.25) is 0 Å². The highest BCUT2D eigenvalue weighted by Crippen LogP contribution is 2.45. The second kappa shape index (κ2) is 17.3. The third-order valence-corrected chi connectivity index (χ3v) is 10.5. The van der Waals surface area contributed by atoms with E-state index in [1.165, 1.54) is 0 Å². The van der Waals surface area contributed by atoms with Crippen LogP contribution in [0, 0.1) is 0 Å². The maximum Gasteiger partial charge on any atom is 0.407 e. The summed E-state index contributed by atoms with van der Waals surface area (Å²) in [7, 11) is 1.60. The van der Waals surface area contributed by atoms with Gasteiger partial charge in [-0.25, -0.2) is 14.6 Å². The Labute approximate surface area is 333 Å². The number of aromatic nitrogens is 2. The fourth-order valence-corrected chi connectivity index (χ4v) is 7.80. The van der Waals surface area contributed by atoms with Crippen LogP contribution in [-0.4, -0.2) is 41.4 Å². The van der Waals surface area contributed by atoms with E-state index in [0.29, 0.717) is 11.4 Å². The van der Waals surface area contributed by atoms with E-state index in [9.17, 15) is 9.59 Å². The van der Waals surface area contributed by atoms with Crippen molar-refractivity contribution in [2.75, 3.05) is 13.7 Å². The largest absolute Gasteiger partial charge is 0.497 e. The molecule has 0 fully saturated rings. The van der Waals surface area contributed by atoms with E-state index < -0.39 is 23.6 Å². The summed E-state index contributed by atoms with van der Waals surface area (Å²) in [5.74, 6) is -0.0428. The molecular weight excluding hydrogens is 711 g/mol. The number of fused-ring (bicyclic) bond motifs is 3. The molecule has 0 saturated carbocycles. The van der Waals surface area contributed by atoms with Gasteiger partial charge in [0.15, 0.2) is 0 Å². The molecule has 0 saturated heterocycles. The van der Waals surface area contributed by atoms with E-state index in [-0.39, 0.29) is 33.0 Å². The summed E-state index contributed by atoms with van der Waals surface area (Å²) >= 11 is 0. The third kappa shape index (κ3) is 7.80. The number of nitrogens with zero attached hydrogens (tertiary/aromatic N) is 2. The highest BCUT2D eigenvalue weighted by atomic mass is 16.6. The average Bonchev–Trinajstić information content (AvgIpc) is 3.86. The molecule has 1 atom stereocenters. The minimum absolute atomic E-state index is 0. The summed E-state index contributed by atoms with van der Waals surface area (Å²) in [6.07, 6.45) is 3.07. The lowest BCUT2D eigenvalue weighted by molar-refractivity contribution is -0.147. The third-order valence-electron chi connectivity index (χ3n) is 10.5. The Kier molecular flexibility index (Phi) is 11.6. The summed E-state index contributed by atoms with van der Waals surface area (Å²) in [6.45, 7) is 0.120. The van der Waals surface area contributed by atoms with Crippen LogP contribution in [0.15, 0.2) is 176 Å². The van der Waals surface area contributed by atoms with Crippen molar-refractivity contribution in [1.82, 2.24) is 14.9 Å². The first-order valence-corrected chi connectivity index (χ1v) is 18.7. The van der Waals surface area contributed by atoms with Crippen LogP contribution in [0.1, 0.15) is 52.4 Å². The molecule has 1 aliphatic carbocycles. The Morgan fingerprint density at radius 3 is 1.72 bits per heavy atom. The number of imidazole rings is 1. The first-order chi connectivity index (χ1) is 27.5. The van der Waals surface area contributed by atoms with Gasteiger partial charge in [-0.1, -0.05) is 159 Å². The Balaban J connectivity index is 0.00000496. The van der Waals surface area contributed by atoms with Crippen molar-refractivity contribution in [3.05, 3.63) is 215 Å². The number of benzene rings is 6. The van der Waals surface area contributed by atoms with Crippen molar-refractivity contribution in [3.63, 3.8) is 0 Å². The van der Waals surface area contributed by atoms with E-state index in [0.717, 1.165) is 44.5 Å². The van der Waals surface area contributed by atoms with Crippen LogP contribution < -0.4 is 10.1 Å². The molecule has 0 unspecified atom stereocenters. The van der Waals surface area contributed by atoms with Crippen molar-refractivity contribution < 1.29 is 23.8 Å². The zero-order chi connectivity index (χ0) is 38.3. The number of methoxy groups -OCH3 is 1. The number of amides is 1. The normalized spacial score (nSPS) is 12.4. The van der Waals surface area contributed by atoms with E-state index in [1.807, 2.05) is 97.2 Å². The van der Waals surface area contributed by atoms with Crippen LogP contribution in [0.5, 0.6) is 5.75 Å². The molecule has 7 aromatic rings. The van der Waals surface area contributed by atoms with Crippen molar-refractivity contribution >= 4 is 12.1 Å². The maximum atomic E-state index is 13.9. The zero-order valence-electron chi connectivity index (χ0n) is 31.0. The Morgan fingerprint density at radius 1 is 0.684 bits per heavy atom. The van der Waals surface area contributed by atoms with Gasteiger partial charge in [0.05, 0.1) is 19.1 Å². The van der Waals surface area contributed by atoms with E-state index in [2.05, 4.69) is 70.5 Å². The summed E-state index contributed by atoms with van der Waals surface area (Å²) < 4.78 is 19.0. The second-order valence-corrected chi connectivity index (χ2v) is 13.8. The molecule has 6 aromatic carbocycles. The van der Waals surface area contributed by atoms with Crippen LogP contribution in [-0.2, 0) is 32.8 Å². The van der Waals surface area contributed by atoms with Gasteiger partial charge < -0.3 is 24.1 Å². The molecule has 1 heterocycles. The molecule has 0 bridgehead atoms. The van der Waals surface area contributed by atoms with Gasteiger partial charge in [0.1, 0.15) is 30.5 Å². The van der Waals surface area contributed by atoms with Gasteiger partial charge in [0, 0.05) is 18.5 Å². The van der Waals surface area contributed by atoms with E-state index in [1.54, 1.807) is 25.6 Å². The molecule has 1 N–H and O–H groups in total. The number of rotatable bonds is 13. The molecule has 8 nitrogen and oxygen atoms in total. The van der Waals surface area contributed by atoms with E-state index >= 15 is 0 Å². The molecule has 1 aliphatic rings. The number of hydrogen-bond acceptors (Lipinski definition) is 6. The lowest BCUT2D eigenvalue weighted by Gasteiger charge is -2.37. The second-order valence-electron chi connectivity index (χ2n) is 13.8. The average molecular weight is 756 g/mol. The highest BCUT2D eigenvalue weighted by Gasteiger charge is 2.39. The number of carbonyl (C=O) groups excluding carboxylic acids is 2. The molecule has 0 spiro atoms. The van der Waals surface area contributed by atoms with Crippen LogP contribution >= 0.6 is 0 Å². The highest BCUT2D eigenvalue weighted by molar-refractivity contribution is 5.82. The van der Waals surface area contributed by atoms with E-state index in [4.69, 9.17) is 19.2 Å². The molecule has 8 rings (SSSR count).